The molecule has 0 bridgehead atoms. The Morgan fingerprint density at radius 1 is 1.20 bits per heavy atom. The van der Waals surface area contributed by atoms with Crippen LogP contribution in [0.4, 0.5) is 13.2 Å². The molecule has 0 spiro atoms. The Morgan fingerprint density at radius 3 is 2.67 bits per heavy atom. The Bertz CT molecular complexity index is 1180. The van der Waals surface area contributed by atoms with Gasteiger partial charge in [-0.3, -0.25) is 9.78 Å². The smallest absolute Gasteiger partial charge is 0.332 e. The van der Waals surface area contributed by atoms with E-state index in [0.717, 1.165) is 17.3 Å². The van der Waals surface area contributed by atoms with E-state index < -0.39 is 11.9 Å². The molecule has 30 heavy (non-hydrogen) atoms. The molecule has 0 aliphatic carbocycles. The first-order chi connectivity index (χ1) is 14.3. The topological polar surface area (TPSA) is 87.7 Å². The third-order valence-corrected chi connectivity index (χ3v) is 4.99. The van der Waals surface area contributed by atoms with Crippen LogP contribution in [0.1, 0.15) is 22.6 Å². The summed E-state index contributed by atoms with van der Waals surface area (Å²) in [5.41, 5.74) is 0.594. The van der Waals surface area contributed by atoms with Gasteiger partial charge in [-0.15, -0.1) is 5.10 Å². The van der Waals surface area contributed by atoms with Gasteiger partial charge in [0.1, 0.15) is 18.9 Å². The highest BCUT2D eigenvalue weighted by Gasteiger charge is 2.37. The molecule has 0 saturated heterocycles. The normalized spacial score (nSPS) is 13.2. The number of carbonyl (C=O) groups is 1. The maximum absolute atomic E-state index is 13.4. The molecule has 2 aromatic heterocycles. The molecular formula is C19H12ClF3N6O. The lowest BCUT2D eigenvalue weighted by atomic mass is 9.99. The van der Waals surface area contributed by atoms with Gasteiger partial charge >= 0.3 is 6.18 Å². The summed E-state index contributed by atoms with van der Waals surface area (Å²) in [4.78, 5) is 21.3. The predicted octanol–water partition coefficient (Wildman–Crippen LogP) is 3.43. The Balaban J connectivity index is 1.58. The molecular weight excluding hydrogens is 421 g/mol. The average molecular weight is 433 g/mol. The van der Waals surface area contributed by atoms with Gasteiger partial charge in [0.25, 0.3) is 5.82 Å². The number of nitrogens with zero attached hydrogens (tertiary/aromatic N) is 6. The monoisotopic (exact) mass is 432 g/mol. The Kier molecular flexibility index (Phi) is 4.91. The molecule has 1 amide bonds. The molecule has 0 fully saturated rings. The molecule has 0 atom stereocenters. The molecule has 0 N–H and O–H groups in total. The molecule has 7 nitrogen and oxygen atoms in total. The molecule has 0 unspecified atom stereocenters. The van der Waals surface area contributed by atoms with Gasteiger partial charge in [-0.1, -0.05) is 23.7 Å². The van der Waals surface area contributed by atoms with Crippen molar-refractivity contribution in [2.24, 2.45) is 0 Å². The number of nitriles is 1. The van der Waals surface area contributed by atoms with Crippen molar-refractivity contribution in [3.8, 4) is 17.2 Å². The highest BCUT2D eigenvalue weighted by molar-refractivity contribution is 6.33. The number of benzene rings is 1. The number of hydrogen-bond donors (Lipinski definition) is 0. The predicted molar refractivity (Wildman–Crippen MR) is 98.7 cm³/mol. The maximum atomic E-state index is 13.4. The first kappa shape index (κ1) is 19.8. The minimum Gasteiger partial charge on any atom is -0.332 e. The lowest BCUT2D eigenvalue weighted by Gasteiger charge is -2.15. The zero-order valence-electron chi connectivity index (χ0n) is 15.2. The average Bonchev–Trinajstić information content (AvgIpc) is 3.33. The SMILES string of the molecule is N#Cc1ncn(CC(=O)N2Cc3ccc(-c4c(Cl)ccnc4C(F)(F)F)cc3C2)n1. The van der Waals surface area contributed by atoms with Gasteiger partial charge in [0.05, 0.1) is 5.02 Å². The number of pyridine rings is 1. The quantitative estimate of drug-likeness (QED) is 0.632. The van der Waals surface area contributed by atoms with Gasteiger partial charge < -0.3 is 4.90 Å². The molecule has 4 rings (SSSR count). The molecule has 0 radical (unpaired) electrons. The van der Waals surface area contributed by atoms with E-state index >= 15 is 0 Å². The largest absolute Gasteiger partial charge is 0.434 e. The third-order valence-electron chi connectivity index (χ3n) is 4.67. The second-order valence-electron chi connectivity index (χ2n) is 6.62. The number of hydrogen-bond acceptors (Lipinski definition) is 5. The van der Waals surface area contributed by atoms with Crippen LogP contribution in [-0.2, 0) is 30.6 Å². The summed E-state index contributed by atoms with van der Waals surface area (Å²) >= 11 is 6.06. The molecule has 1 aliphatic rings. The molecule has 152 valence electrons. The highest BCUT2D eigenvalue weighted by atomic mass is 35.5. The van der Waals surface area contributed by atoms with E-state index in [-0.39, 0.29) is 41.0 Å². The number of halogens is 4. The van der Waals surface area contributed by atoms with Crippen molar-refractivity contribution in [1.29, 1.82) is 5.26 Å². The van der Waals surface area contributed by atoms with E-state index in [9.17, 15) is 18.0 Å². The van der Waals surface area contributed by atoms with Crippen molar-refractivity contribution in [3.63, 3.8) is 0 Å². The minimum absolute atomic E-state index is 0.0361. The van der Waals surface area contributed by atoms with Crippen molar-refractivity contribution in [2.45, 2.75) is 25.8 Å². The summed E-state index contributed by atoms with van der Waals surface area (Å²) in [5, 5.41) is 12.6. The van der Waals surface area contributed by atoms with Crippen LogP contribution in [0.3, 0.4) is 0 Å². The molecule has 0 saturated carbocycles. The second kappa shape index (κ2) is 7.42. The lowest BCUT2D eigenvalue weighted by molar-refractivity contribution is -0.140. The number of amides is 1. The first-order valence-electron chi connectivity index (χ1n) is 8.67. The molecule has 1 aliphatic heterocycles. The number of rotatable bonds is 3. The van der Waals surface area contributed by atoms with E-state index in [1.165, 1.54) is 17.1 Å². The number of fused-ring (bicyclic) bond motifs is 1. The molecule has 3 heterocycles. The molecule has 3 aromatic rings. The summed E-state index contributed by atoms with van der Waals surface area (Å²) in [7, 11) is 0. The van der Waals surface area contributed by atoms with Gasteiger partial charge in [0.2, 0.25) is 5.91 Å². The van der Waals surface area contributed by atoms with Crippen LogP contribution < -0.4 is 0 Å². The van der Waals surface area contributed by atoms with Crippen LogP contribution in [0.5, 0.6) is 0 Å². The lowest BCUT2D eigenvalue weighted by Crippen LogP contribution is -2.29. The summed E-state index contributed by atoms with van der Waals surface area (Å²) in [6.07, 6.45) is -2.34. The molecule has 11 heteroatoms. The number of alkyl halides is 3. The number of aromatic nitrogens is 4. The third kappa shape index (κ3) is 3.71. The van der Waals surface area contributed by atoms with Crippen molar-refractivity contribution in [2.75, 3.05) is 0 Å². The zero-order chi connectivity index (χ0) is 21.5. The summed E-state index contributed by atoms with van der Waals surface area (Å²) < 4.78 is 41.4. The van der Waals surface area contributed by atoms with Gasteiger partial charge in [0, 0.05) is 24.8 Å². The second-order valence-corrected chi connectivity index (χ2v) is 7.03. The minimum atomic E-state index is -4.65. The summed E-state index contributed by atoms with van der Waals surface area (Å²) in [6, 6.07) is 7.92. The van der Waals surface area contributed by atoms with Gasteiger partial charge in [-0.2, -0.15) is 18.4 Å². The maximum Gasteiger partial charge on any atom is 0.434 e. The van der Waals surface area contributed by atoms with Crippen LogP contribution in [0.25, 0.3) is 11.1 Å². The van der Waals surface area contributed by atoms with Crippen LogP contribution in [0.15, 0.2) is 36.8 Å². The Labute approximate surface area is 173 Å². The van der Waals surface area contributed by atoms with Crippen molar-refractivity contribution < 1.29 is 18.0 Å². The van der Waals surface area contributed by atoms with Crippen LogP contribution in [0, 0.1) is 11.3 Å². The molecule has 1 aromatic carbocycles. The first-order valence-corrected chi connectivity index (χ1v) is 9.05. The fraction of sp³-hybridized carbons (Fsp3) is 0.211. The summed E-state index contributed by atoms with van der Waals surface area (Å²) in [5.74, 6) is -0.288. The van der Waals surface area contributed by atoms with Gasteiger partial charge in [0.15, 0.2) is 5.69 Å². The standard InChI is InChI=1S/C19H12ClF3N6O/c20-14-3-4-25-18(19(21,22)23)17(14)11-1-2-12-7-28(8-13(12)5-11)16(30)9-29-10-26-15(6-24)27-29/h1-5,10H,7-9H2. The van der Waals surface area contributed by atoms with E-state index in [1.807, 2.05) is 0 Å². The zero-order valence-corrected chi connectivity index (χ0v) is 15.9. The Hall–Kier alpha value is -3.45. The van der Waals surface area contributed by atoms with Gasteiger partial charge in [-0.25, -0.2) is 9.67 Å². The highest BCUT2D eigenvalue weighted by Crippen LogP contribution is 2.40. The number of carbonyl (C=O) groups excluding carboxylic acids is 1. The van der Waals surface area contributed by atoms with E-state index in [1.54, 1.807) is 29.2 Å². The van der Waals surface area contributed by atoms with Crippen molar-refractivity contribution in [1.82, 2.24) is 24.6 Å². The van der Waals surface area contributed by atoms with Crippen LogP contribution >= 0.6 is 11.6 Å². The van der Waals surface area contributed by atoms with Crippen LogP contribution in [0.2, 0.25) is 5.02 Å². The van der Waals surface area contributed by atoms with Crippen molar-refractivity contribution in [3.05, 3.63) is 64.5 Å². The summed E-state index contributed by atoms with van der Waals surface area (Å²) in [6.45, 7) is 0.463. The van der Waals surface area contributed by atoms with Gasteiger partial charge in [-0.05, 0) is 28.8 Å². The van der Waals surface area contributed by atoms with Crippen molar-refractivity contribution >= 4 is 17.5 Å². The van der Waals surface area contributed by atoms with E-state index in [4.69, 9.17) is 16.9 Å². The van der Waals surface area contributed by atoms with E-state index in [0.29, 0.717) is 6.54 Å². The fourth-order valence-electron chi connectivity index (χ4n) is 3.31. The van der Waals surface area contributed by atoms with Crippen LogP contribution in [-0.4, -0.2) is 30.6 Å². The fourth-order valence-corrected chi connectivity index (χ4v) is 3.57. The Morgan fingerprint density at radius 2 is 1.97 bits per heavy atom. The van der Waals surface area contributed by atoms with E-state index in [2.05, 4.69) is 15.1 Å².